The van der Waals surface area contributed by atoms with E-state index >= 15 is 0 Å². The molecule has 0 saturated carbocycles. The van der Waals surface area contributed by atoms with Gasteiger partial charge in [-0.2, -0.15) is 0 Å². The fourth-order valence-corrected chi connectivity index (χ4v) is 6.38. The standard InChI is InChI=1S/C24H25N5O4S2/c1-15-22(35(25,31)32)34-23(26-15)29-11-4-10-28(24(29)30)17-7-5-16(6-8-17)20-13-18(33-3)14-21-19(20)9-12-27(21)2/h5-9,12-14H,4,10-11H2,1-3H3,(H2,25,31,32). The SMILES string of the molecule is COc1cc(-c2ccc(N3CCCN(c4nc(C)c(S(N)(=O)=O)s4)C3=O)cc2)c2ccn(C)c2c1. The summed E-state index contributed by atoms with van der Waals surface area (Å²) < 4.78 is 31.2. The number of thiazole rings is 1. The molecule has 2 aromatic carbocycles. The van der Waals surface area contributed by atoms with E-state index in [4.69, 9.17) is 9.88 Å². The average molecular weight is 512 g/mol. The van der Waals surface area contributed by atoms with E-state index in [-0.39, 0.29) is 10.2 Å². The number of aromatic nitrogens is 2. The molecule has 0 radical (unpaired) electrons. The van der Waals surface area contributed by atoms with Crippen LogP contribution in [0.1, 0.15) is 12.1 Å². The van der Waals surface area contributed by atoms with Crippen molar-refractivity contribution in [2.75, 3.05) is 30.0 Å². The number of carbonyl (C=O) groups is 1. The van der Waals surface area contributed by atoms with Gasteiger partial charge >= 0.3 is 6.03 Å². The molecule has 11 heteroatoms. The van der Waals surface area contributed by atoms with Crippen LogP contribution in [0.3, 0.4) is 0 Å². The van der Waals surface area contributed by atoms with Crippen molar-refractivity contribution >= 4 is 49.1 Å². The summed E-state index contributed by atoms with van der Waals surface area (Å²) in [5.41, 5.74) is 4.19. The first kappa shape index (κ1) is 23.3. The lowest BCUT2D eigenvalue weighted by Crippen LogP contribution is -2.49. The largest absolute Gasteiger partial charge is 0.497 e. The Hall–Kier alpha value is -3.41. The highest BCUT2D eigenvalue weighted by Crippen LogP contribution is 2.36. The molecule has 3 heterocycles. The average Bonchev–Trinajstić information content (AvgIpc) is 3.41. The molecule has 0 bridgehead atoms. The molecule has 182 valence electrons. The van der Waals surface area contributed by atoms with Crippen LogP contribution in [0.15, 0.2) is 52.9 Å². The van der Waals surface area contributed by atoms with Gasteiger partial charge < -0.3 is 9.30 Å². The second-order valence-corrected chi connectivity index (χ2v) is 11.2. The maximum absolute atomic E-state index is 13.3. The van der Waals surface area contributed by atoms with Crippen molar-refractivity contribution in [2.45, 2.75) is 17.6 Å². The zero-order valence-corrected chi connectivity index (χ0v) is 21.2. The van der Waals surface area contributed by atoms with Crippen LogP contribution in [-0.4, -0.2) is 44.2 Å². The summed E-state index contributed by atoms with van der Waals surface area (Å²) >= 11 is 0.921. The Kier molecular flexibility index (Phi) is 5.78. The van der Waals surface area contributed by atoms with Gasteiger partial charge in [0.05, 0.1) is 18.3 Å². The van der Waals surface area contributed by atoms with Crippen molar-refractivity contribution in [1.29, 1.82) is 0 Å². The van der Waals surface area contributed by atoms with E-state index in [9.17, 15) is 13.2 Å². The van der Waals surface area contributed by atoms with E-state index < -0.39 is 10.0 Å². The third-order valence-electron chi connectivity index (χ3n) is 6.16. The van der Waals surface area contributed by atoms with Crippen LogP contribution in [0.5, 0.6) is 5.75 Å². The van der Waals surface area contributed by atoms with E-state index in [1.54, 1.807) is 18.9 Å². The number of nitrogens with zero attached hydrogens (tertiary/aromatic N) is 4. The molecule has 1 saturated heterocycles. The molecule has 0 unspecified atom stereocenters. The first-order valence-corrected chi connectivity index (χ1v) is 13.4. The number of primary sulfonamides is 1. The lowest BCUT2D eigenvalue weighted by atomic mass is 10.0. The summed E-state index contributed by atoms with van der Waals surface area (Å²) in [5, 5.41) is 6.74. The monoisotopic (exact) mass is 511 g/mol. The van der Waals surface area contributed by atoms with Crippen LogP contribution in [0.25, 0.3) is 22.0 Å². The van der Waals surface area contributed by atoms with Gasteiger partial charge in [-0.3, -0.25) is 9.80 Å². The fourth-order valence-electron chi connectivity index (χ4n) is 4.41. The number of hydrogen-bond donors (Lipinski definition) is 1. The third-order valence-corrected chi connectivity index (χ3v) is 8.89. The molecule has 2 N–H and O–H groups in total. The van der Waals surface area contributed by atoms with Crippen LogP contribution in [0.4, 0.5) is 15.6 Å². The summed E-state index contributed by atoms with van der Waals surface area (Å²) in [6.07, 6.45) is 2.74. The first-order chi connectivity index (χ1) is 16.7. The Morgan fingerprint density at radius 1 is 1.09 bits per heavy atom. The molecular formula is C24H25N5O4S2. The van der Waals surface area contributed by atoms with Crippen molar-refractivity contribution < 1.29 is 17.9 Å². The number of carbonyl (C=O) groups excluding carboxylic acids is 1. The van der Waals surface area contributed by atoms with Crippen molar-refractivity contribution in [1.82, 2.24) is 9.55 Å². The summed E-state index contributed by atoms with van der Waals surface area (Å²) in [6, 6.07) is 13.7. The number of methoxy groups -OCH3 is 1. The number of urea groups is 1. The highest BCUT2D eigenvalue weighted by Gasteiger charge is 2.31. The van der Waals surface area contributed by atoms with E-state index in [0.29, 0.717) is 23.9 Å². The van der Waals surface area contributed by atoms with Crippen molar-refractivity contribution in [3.8, 4) is 16.9 Å². The Labute approximate surface area is 207 Å². The first-order valence-electron chi connectivity index (χ1n) is 11.0. The van der Waals surface area contributed by atoms with E-state index in [2.05, 4.69) is 15.6 Å². The third kappa shape index (κ3) is 4.15. The van der Waals surface area contributed by atoms with Gasteiger partial charge in [0.1, 0.15) is 5.75 Å². The molecule has 5 rings (SSSR count). The summed E-state index contributed by atoms with van der Waals surface area (Å²) in [6.45, 7) is 2.59. The molecule has 0 aliphatic carbocycles. The Balaban J connectivity index is 1.45. The number of sulfonamides is 1. The number of nitrogens with two attached hydrogens (primary N) is 1. The minimum atomic E-state index is -3.89. The number of fused-ring (bicyclic) bond motifs is 1. The Morgan fingerprint density at radius 2 is 1.80 bits per heavy atom. The van der Waals surface area contributed by atoms with Gasteiger partial charge in [0.25, 0.3) is 0 Å². The van der Waals surface area contributed by atoms with Gasteiger partial charge in [-0.05, 0) is 48.7 Å². The molecule has 35 heavy (non-hydrogen) atoms. The van der Waals surface area contributed by atoms with Crippen molar-refractivity contribution in [2.24, 2.45) is 12.2 Å². The van der Waals surface area contributed by atoms with E-state index in [0.717, 1.165) is 51.2 Å². The van der Waals surface area contributed by atoms with E-state index in [1.165, 1.54) is 4.90 Å². The number of benzene rings is 2. The minimum Gasteiger partial charge on any atom is -0.497 e. The zero-order valence-electron chi connectivity index (χ0n) is 19.6. The Morgan fingerprint density at radius 3 is 2.46 bits per heavy atom. The van der Waals surface area contributed by atoms with Gasteiger partial charge in [-0.1, -0.05) is 23.5 Å². The number of hydrogen-bond acceptors (Lipinski definition) is 6. The quantitative estimate of drug-likeness (QED) is 0.434. The van der Waals surface area contributed by atoms with E-state index in [1.807, 2.05) is 49.6 Å². The second-order valence-electron chi connectivity index (χ2n) is 8.43. The number of aryl methyl sites for hydroxylation is 2. The lowest BCUT2D eigenvalue weighted by molar-refractivity contribution is 0.248. The van der Waals surface area contributed by atoms with Crippen molar-refractivity contribution in [3.05, 3.63) is 54.4 Å². The van der Waals surface area contributed by atoms with Gasteiger partial charge in [0, 0.05) is 43.5 Å². The van der Waals surface area contributed by atoms with Gasteiger partial charge in [-0.15, -0.1) is 0 Å². The molecule has 1 fully saturated rings. The number of amides is 2. The molecule has 4 aromatic rings. The summed E-state index contributed by atoms with van der Waals surface area (Å²) in [4.78, 5) is 20.8. The molecule has 1 aliphatic heterocycles. The summed E-state index contributed by atoms with van der Waals surface area (Å²) in [5.74, 6) is 0.776. The predicted molar refractivity (Wildman–Crippen MR) is 138 cm³/mol. The lowest BCUT2D eigenvalue weighted by Gasteiger charge is -2.34. The predicted octanol–water partition coefficient (Wildman–Crippen LogP) is 4.10. The molecule has 2 aromatic heterocycles. The minimum absolute atomic E-state index is 0.0210. The molecule has 2 amide bonds. The van der Waals surface area contributed by atoms with Crippen LogP contribution >= 0.6 is 11.3 Å². The fraction of sp³-hybridized carbons (Fsp3) is 0.250. The van der Waals surface area contributed by atoms with Crippen molar-refractivity contribution in [3.63, 3.8) is 0 Å². The highest BCUT2D eigenvalue weighted by molar-refractivity contribution is 7.91. The number of rotatable bonds is 5. The summed E-state index contributed by atoms with van der Waals surface area (Å²) in [7, 11) is -0.239. The molecule has 9 nitrogen and oxygen atoms in total. The highest BCUT2D eigenvalue weighted by atomic mass is 32.2. The normalized spacial score (nSPS) is 14.7. The number of anilines is 2. The van der Waals surface area contributed by atoms with Crippen LogP contribution < -0.4 is 19.7 Å². The van der Waals surface area contributed by atoms with Gasteiger partial charge in [0.15, 0.2) is 9.34 Å². The van der Waals surface area contributed by atoms with Crippen LogP contribution in [0.2, 0.25) is 0 Å². The second kappa shape index (κ2) is 8.67. The van der Waals surface area contributed by atoms with Crippen LogP contribution in [-0.2, 0) is 17.1 Å². The molecule has 0 atom stereocenters. The maximum Gasteiger partial charge on any atom is 0.330 e. The smallest absolute Gasteiger partial charge is 0.330 e. The van der Waals surface area contributed by atoms with Gasteiger partial charge in [-0.25, -0.2) is 23.3 Å². The maximum atomic E-state index is 13.3. The Bertz CT molecular complexity index is 1540. The number of ether oxygens (including phenoxy) is 1. The van der Waals surface area contributed by atoms with Crippen LogP contribution in [0, 0.1) is 6.92 Å². The molecule has 0 spiro atoms. The van der Waals surface area contributed by atoms with Gasteiger partial charge in [0.2, 0.25) is 10.0 Å². The zero-order chi connectivity index (χ0) is 24.9. The molecule has 1 aliphatic rings. The molecular weight excluding hydrogens is 486 g/mol. The topological polar surface area (TPSA) is 111 Å².